The van der Waals surface area contributed by atoms with Crippen molar-refractivity contribution in [1.29, 1.82) is 0 Å². The molecule has 4 nitrogen and oxygen atoms in total. The molecule has 106 valence electrons. The van der Waals surface area contributed by atoms with Gasteiger partial charge >= 0.3 is 0 Å². The van der Waals surface area contributed by atoms with E-state index in [0.29, 0.717) is 11.5 Å². The summed E-state index contributed by atoms with van der Waals surface area (Å²) in [4.78, 5) is 11.0. The lowest BCUT2D eigenvalue weighted by atomic mass is 10.1. The Balaban J connectivity index is 2.20. The SMILES string of the molecule is Cc1ccc(-c2nc(N)cnc2-c2ccc(O)c(Cl)c2)s1. The van der Waals surface area contributed by atoms with Gasteiger partial charge < -0.3 is 10.8 Å². The van der Waals surface area contributed by atoms with E-state index in [2.05, 4.69) is 9.97 Å². The maximum Gasteiger partial charge on any atom is 0.142 e. The lowest BCUT2D eigenvalue weighted by Gasteiger charge is -2.08. The Morgan fingerprint density at radius 2 is 2.00 bits per heavy atom. The van der Waals surface area contributed by atoms with E-state index in [1.165, 1.54) is 11.1 Å². The number of aryl methyl sites for hydroxylation is 1. The third-order valence-corrected chi connectivity index (χ3v) is 4.30. The number of phenolic OH excluding ortho intramolecular Hbond substituents is 1. The summed E-state index contributed by atoms with van der Waals surface area (Å²) in [6.45, 7) is 2.03. The van der Waals surface area contributed by atoms with Gasteiger partial charge in [-0.2, -0.15) is 0 Å². The molecule has 0 amide bonds. The molecule has 6 heteroatoms. The average molecular weight is 318 g/mol. The zero-order valence-electron chi connectivity index (χ0n) is 11.2. The van der Waals surface area contributed by atoms with E-state index >= 15 is 0 Å². The van der Waals surface area contributed by atoms with Crippen LogP contribution in [0.5, 0.6) is 5.75 Å². The molecule has 21 heavy (non-hydrogen) atoms. The number of benzene rings is 1. The van der Waals surface area contributed by atoms with Gasteiger partial charge in [0.1, 0.15) is 17.3 Å². The van der Waals surface area contributed by atoms with Crippen LogP contribution in [0.3, 0.4) is 0 Å². The van der Waals surface area contributed by atoms with Crippen LogP contribution in [0.15, 0.2) is 36.5 Å². The number of hydrogen-bond acceptors (Lipinski definition) is 5. The minimum absolute atomic E-state index is 0.0392. The maximum absolute atomic E-state index is 9.54. The number of phenols is 1. The van der Waals surface area contributed by atoms with E-state index in [1.54, 1.807) is 29.5 Å². The first-order valence-corrected chi connectivity index (χ1v) is 7.42. The lowest BCUT2D eigenvalue weighted by molar-refractivity contribution is 0.475. The fraction of sp³-hybridized carbons (Fsp3) is 0.0667. The van der Waals surface area contributed by atoms with Crippen molar-refractivity contribution in [3.05, 3.63) is 46.4 Å². The smallest absolute Gasteiger partial charge is 0.142 e. The molecule has 0 saturated heterocycles. The monoisotopic (exact) mass is 317 g/mol. The Bertz CT molecular complexity index is 816. The molecule has 1 aromatic carbocycles. The minimum Gasteiger partial charge on any atom is -0.506 e. The van der Waals surface area contributed by atoms with Crippen molar-refractivity contribution in [2.45, 2.75) is 6.92 Å². The molecule has 0 aliphatic rings. The van der Waals surface area contributed by atoms with Gasteiger partial charge in [-0.3, -0.25) is 4.98 Å². The van der Waals surface area contributed by atoms with Crippen LogP contribution in [0.25, 0.3) is 21.8 Å². The minimum atomic E-state index is 0.0392. The number of halogens is 1. The molecule has 0 radical (unpaired) electrons. The normalized spacial score (nSPS) is 10.8. The van der Waals surface area contributed by atoms with Gasteiger partial charge in [-0.15, -0.1) is 11.3 Å². The Hall–Kier alpha value is -2.11. The van der Waals surface area contributed by atoms with Gasteiger partial charge in [-0.05, 0) is 37.3 Å². The molecule has 0 aliphatic heterocycles. The van der Waals surface area contributed by atoms with Crippen LogP contribution in [0.1, 0.15) is 4.88 Å². The van der Waals surface area contributed by atoms with E-state index in [1.807, 2.05) is 19.1 Å². The van der Waals surface area contributed by atoms with E-state index in [-0.39, 0.29) is 10.8 Å². The molecule has 0 atom stereocenters. The van der Waals surface area contributed by atoms with Crippen LogP contribution in [0.2, 0.25) is 5.02 Å². The third kappa shape index (κ3) is 2.70. The molecule has 0 bridgehead atoms. The zero-order chi connectivity index (χ0) is 15.0. The van der Waals surface area contributed by atoms with Crippen LogP contribution >= 0.6 is 22.9 Å². The molecule has 0 aliphatic carbocycles. The Kier molecular flexibility index (Phi) is 3.53. The van der Waals surface area contributed by atoms with Crippen LogP contribution in [0, 0.1) is 6.92 Å². The largest absolute Gasteiger partial charge is 0.506 e. The standard InChI is InChI=1S/C15H12ClN3OS/c1-8-2-5-12(21-8)15-14(18-7-13(17)19-15)9-3-4-11(20)10(16)6-9/h2-7,20H,1H3,(H2,17,19). The van der Waals surface area contributed by atoms with Crippen molar-refractivity contribution in [2.75, 3.05) is 5.73 Å². The van der Waals surface area contributed by atoms with Crippen LogP contribution in [-0.4, -0.2) is 15.1 Å². The predicted octanol–water partition coefficient (Wildman–Crippen LogP) is 4.12. The summed E-state index contributed by atoms with van der Waals surface area (Å²) in [5.41, 5.74) is 7.96. The summed E-state index contributed by atoms with van der Waals surface area (Å²) in [5, 5.41) is 9.82. The van der Waals surface area contributed by atoms with Crippen LogP contribution in [0.4, 0.5) is 5.82 Å². The van der Waals surface area contributed by atoms with Crippen LogP contribution in [-0.2, 0) is 0 Å². The van der Waals surface area contributed by atoms with Gasteiger partial charge in [0.15, 0.2) is 0 Å². The number of aromatic nitrogens is 2. The fourth-order valence-electron chi connectivity index (χ4n) is 2.00. The lowest BCUT2D eigenvalue weighted by Crippen LogP contribution is -1.97. The summed E-state index contributed by atoms with van der Waals surface area (Å²) in [6.07, 6.45) is 1.51. The van der Waals surface area contributed by atoms with E-state index in [0.717, 1.165) is 16.1 Å². The summed E-state index contributed by atoms with van der Waals surface area (Å²) < 4.78 is 0. The van der Waals surface area contributed by atoms with Crippen molar-refractivity contribution in [1.82, 2.24) is 9.97 Å². The number of nitrogen functional groups attached to an aromatic ring is 1. The van der Waals surface area contributed by atoms with Crippen LogP contribution < -0.4 is 5.73 Å². The summed E-state index contributed by atoms with van der Waals surface area (Å²) >= 11 is 7.60. The highest BCUT2D eigenvalue weighted by atomic mass is 35.5. The highest BCUT2D eigenvalue weighted by Gasteiger charge is 2.14. The van der Waals surface area contributed by atoms with Crippen molar-refractivity contribution in [3.8, 4) is 27.6 Å². The summed E-state index contributed by atoms with van der Waals surface area (Å²) in [7, 11) is 0. The highest BCUT2D eigenvalue weighted by Crippen LogP contribution is 2.36. The molecular formula is C15H12ClN3OS. The number of nitrogens with zero attached hydrogens (tertiary/aromatic N) is 2. The Morgan fingerprint density at radius 3 is 2.67 bits per heavy atom. The van der Waals surface area contributed by atoms with Crippen molar-refractivity contribution >= 4 is 28.8 Å². The molecule has 2 aromatic heterocycles. The van der Waals surface area contributed by atoms with Gasteiger partial charge in [0.25, 0.3) is 0 Å². The van der Waals surface area contributed by atoms with E-state index in [4.69, 9.17) is 17.3 Å². The number of anilines is 1. The van der Waals surface area contributed by atoms with Crippen molar-refractivity contribution < 1.29 is 5.11 Å². The summed E-state index contributed by atoms with van der Waals surface area (Å²) in [6, 6.07) is 8.99. The second-order valence-corrected chi connectivity index (χ2v) is 6.26. The first kappa shape index (κ1) is 13.9. The molecule has 3 N–H and O–H groups in total. The summed E-state index contributed by atoms with van der Waals surface area (Å²) in [5.74, 6) is 0.405. The Morgan fingerprint density at radius 1 is 1.19 bits per heavy atom. The molecule has 2 heterocycles. The first-order valence-electron chi connectivity index (χ1n) is 6.23. The number of thiophene rings is 1. The first-order chi connectivity index (χ1) is 10.0. The number of nitrogens with two attached hydrogens (primary N) is 1. The van der Waals surface area contributed by atoms with Gasteiger partial charge in [0.2, 0.25) is 0 Å². The highest BCUT2D eigenvalue weighted by molar-refractivity contribution is 7.15. The number of rotatable bonds is 2. The molecule has 0 fully saturated rings. The number of hydrogen-bond donors (Lipinski definition) is 2. The van der Waals surface area contributed by atoms with Gasteiger partial charge in [0.05, 0.1) is 21.8 Å². The third-order valence-electron chi connectivity index (χ3n) is 2.99. The van der Waals surface area contributed by atoms with Gasteiger partial charge in [0, 0.05) is 10.4 Å². The molecule has 3 rings (SSSR count). The molecule has 3 aromatic rings. The van der Waals surface area contributed by atoms with Gasteiger partial charge in [-0.1, -0.05) is 11.6 Å². The molecule has 0 saturated carbocycles. The second kappa shape index (κ2) is 5.35. The number of aromatic hydroxyl groups is 1. The molecular weight excluding hydrogens is 306 g/mol. The quantitative estimate of drug-likeness (QED) is 0.745. The molecule has 0 unspecified atom stereocenters. The van der Waals surface area contributed by atoms with E-state index < -0.39 is 0 Å². The zero-order valence-corrected chi connectivity index (χ0v) is 12.7. The van der Waals surface area contributed by atoms with Crippen molar-refractivity contribution in [3.63, 3.8) is 0 Å². The second-order valence-electron chi connectivity index (χ2n) is 4.57. The van der Waals surface area contributed by atoms with E-state index in [9.17, 15) is 5.11 Å². The predicted molar refractivity (Wildman–Crippen MR) is 86.6 cm³/mol. The topological polar surface area (TPSA) is 72.0 Å². The fourth-order valence-corrected chi connectivity index (χ4v) is 3.04. The van der Waals surface area contributed by atoms with Crippen molar-refractivity contribution in [2.24, 2.45) is 0 Å². The molecule has 0 spiro atoms. The maximum atomic E-state index is 9.54. The Labute approximate surface area is 130 Å². The van der Waals surface area contributed by atoms with Gasteiger partial charge in [-0.25, -0.2) is 4.98 Å². The average Bonchev–Trinajstić information content (AvgIpc) is 2.88.